The Hall–Kier alpha value is -4.17. The van der Waals surface area contributed by atoms with Crippen LogP contribution in [0.3, 0.4) is 0 Å². The quantitative estimate of drug-likeness (QED) is 0.186. The zero-order valence-corrected chi connectivity index (χ0v) is 21.2. The molecule has 0 atom stereocenters. The van der Waals surface area contributed by atoms with Crippen LogP contribution in [0.5, 0.6) is 5.75 Å². The molecule has 7 nitrogen and oxygen atoms in total. The highest BCUT2D eigenvalue weighted by molar-refractivity contribution is 7.99. The van der Waals surface area contributed by atoms with Crippen LogP contribution in [0.2, 0.25) is 0 Å². The molecule has 0 spiro atoms. The number of nitrogens with one attached hydrogen (secondary N) is 1. The van der Waals surface area contributed by atoms with Crippen molar-refractivity contribution in [3.05, 3.63) is 95.6 Å². The van der Waals surface area contributed by atoms with Crippen LogP contribution in [0.25, 0.3) is 23.2 Å². The summed E-state index contributed by atoms with van der Waals surface area (Å²) in [6, 6.07) is 25.7. The lowest BCUT2D eigenvalue weighted by Gasteiger charge is -2.11. The van der Waals surface area contributed by atoms with E-state index in [1.165, 1.54) is 11.8 Å². The molecule has 36 heavy (non-hydrogen) atoms. The number of amides is 1. The van der Waals surface area contributed by atoms with E-state index in [1.54, 1.807) is 13.3 Å². The van der Waals surface area contributed by atoms with Crippen molar-refractivity contribution in [1.82, 2.24) is 20.2 Å². The SMILES string of the molecule is COc1ccc(-n2c(SCC(=O)NN=C/C(C)=C/c3ccccc3)nnc2-c2ccc(C)cc2)cc1. The summed E-state index contributed by atoms with van der Waals surface area (Å²) in [5.41, 5.74) is 7.56. The number of nitrogens with zero attached hydrogens (tertiary/aromatic N) is 4. The van der Waals surface area contributed by atoms with E-state index in [-0.39, 0.29) is 11.7 Å². The van der Waals surface area contributed by atoms with Crippen molar-refractivity contribution in [3.8, 4) is 22.8 Å². The molecule has 0 saturated carbocycles. The third kappa shape index (κ3) is 6.49. The summed E-state index contributed by atoms with van der Waals surface area (Å²) in [6.07, 6.45) is 3.62. The van der Waals surface area contributed by atoms with Gasteiger partial charge in [-0.1, -0.05) is 78.0 Å². The molecule has 1 N–H and O–H groups in total. The summed E-state index contributed by atoms with van der Waals surface area (Å²) in [6.45, 7) is 3.97. The predicted molar refractivity (Wildman–Crippen MR) is 146 cm³/mol. The van der Waals surface area contributed by atoms with Crippen molar-refractivity contribution >= 4 is 30.0 Å². The molecule has 0 saturated heterocycles. The molecule has 182 valence electrons. The van der Waals surface area contributed by atoms with Gasteiger partial charge in [0.25, 0.3) is 5.91 Å². The van der Waals surface area contributed by atoms with Gasteiger partial charge in [0.15, 0.2) is 11.0 Å². The standard InChI is InChI=1S/C28H27N5O2S/c1-20-9-11-23(12-10-20)27-31-32-28(33(27)24-13-15-25(35-3)16-14-24)36-19-26(34)30-29-18-21(2)17-22-7-5-4-6-8-22/h4-18H,19H2,1-3H3,(H,30,34)/b21-17+,29-18?. The normalized spacial score (nSPS) is 11.6. The number of ether oxygens (including phenoxy) is 1. The van der Waals surface area contributed by atoms with Crippen LogP contribution in [0.4, 0.5) is 0 Å². The summed E-state index contributed by atoms with van der Waals surface area (Å²) in [4.78, 5) is 12.5. The second-order valence-electron chi connectivity index (χ2n) is 8.09. The molecule has 0 unspecified atom stereocenters. The van der Waals surface area contributed by atoms with Gasteiger partial charge in [-0.15, -0.1) is 10.2 Å². The van der Waals surface area contributed by atoms with Crippen molar-refractivity contribution < 1.29 is 9.53 Å². The molecule has 0 fully saturated rings. The first-order valence-corrected chi connectivity index (χ1v) is 12.4. The third-order valence-corrected chi connectivity index (χ3v) is 6.19. The highest BCUT2D eigenvalue weighted by Crippen LogP contribution is 2.29. The molecule has 0 aliphatic rings. The van der Waals surface area contributed by atoms with E-state index >= 15 is 0 Å². The maximum Gasteiger partial charge on any atom is 0.250 e. The van der Waals surface area contributed by atoms with Gasteiger partial charge in [-0.05, 0) is 49.2 Å². The number of methoxy groups -OCH3 is 1. The lowest BCUT2D eigenvalue weighted by Crippen LogP contribution is -2.20. The van der Waals surface area contributed by atoms with Crippen LogP contribution in [0.1, 0.15) is 18.1 Å². The van der Waals surface area contributed by atoms with E-state index in [4.69, 9.17) is 4.74 Å². The van der Waals surface area contributed by atoms with Crippen molar-refractivity contribution in [3.63, 3.8) is 0 Å². The number of hydrazone groups is 1. The molecule has 8 heteroatoms. The van der Waals surface area contributed by atoms with Gasteiger partial charge in [-0.3, -0.25) is 9.36 Å². The first-order chi connectivity index (χ1) is 17.5. The van der Waals surface area contributed by atoms with E-state index < -0.39 is 0 Å². The minimum absolute atomic E-state index is 0.140. The summed E-state index contributed by atoms with van der Waals surface area (Å²) >= 11 is 1.30. The number of aromatic nitrogens is 3. The Labute approximate surface area is 214 Å². The molecule has 0 aliphatic carbocycles. The van der Waals surface area contributed by atoms with Crippen molar-refractivity contribution in [1.29, 1.82) is 0 Å². The minimum Gasteiger partial charge on any atom is -0.497 e. The molecule has 0 radical (unpaired) electrons. The highest BCUT2D eigenvalue weighted by Gasteiger charge is 2.17. The summed E-state index contributed by atoms with van der Waals surface area (Å²) in [5, 5.41) is 13.5. The molecule has 3 aromatic carbocycles. The first-order valence-electron chi connectivity index (χ1n) is 11.4. The zero-order chi connectivity index (χ0) is 25.3. The number of hydrogen-bond acceptors (Lipinski definition) is 6. The van der Waals surface area contributed by atoms with Gasteiger partial charge in [-0.25, -0.2) is 5.43 Å². The Bertz CT molecular complexity index is 1360. The number of benzene rings is 3. The fraction of sp³-hybridized carbons (Fsp3) is 0.143. The van der Waals surface area contributed by atoms with Crippen LogP contribution in [0.15, 0.2) is 94.7 Å². The van der Waals surface area contributed by atoms with Gasteiger partial charge in [0, 0.05) is 11.3 Å². The number of aryl methyl sites for hydroxylation is 1. The van der Waals surface area contributed by atoms with Crippen LogP contribution >= 0.6 is 11.8 Å². The molecular weight excluding hydrogens is 470 g/mol. The van der Waals surface area contributed by atoms with Crippen molar-refractivity contribution in [2.24, 2.45) is 5.10 Å². The Morgan fingerprint density at radius 2 is 1.75 bits per heavy atom. The number of thioether (sulfide) groups is 1. The number of carbonyl (C=O) groups is 1. The lowest BCUT2D eigenvalue weighted by molar-refractivity contribution is -0.118. The summed E-state index contributed by atoms with van der Waals surface area (Å²) in [5.74, 6) is 1.36. The predicted octanol–water partition coefficient (Wildman–Crippen LogP) is 5.55. The summed E-state index contributed by atoms with van der Waals surface area (Å²) < 4.78 is 7.24. The fourth-order valence-corrected chi connectivity index (χ4v) is 4.18. The fourth-order valence-electron chi connectivity index (χ4n) is 3.43. The molecule has 4 rings (SSSR count). The van der Waals surface area contributed by atoms with Crippen molar-refractivity contribution in [2.75, 3.05) is 12.9 Å². The average molecular weight is 498 g/mol. The third-order valence-electron chi connectivity index (χ3n) is 5.26. The number of hydrogen-bond donors (Lipinski definition) is 1. The number of allylic oxidation sites excluding steroid dienone is 1. The Morgan fingerprint density at radius 1 is 1.03 bits per heavy atom. The molecule has 1 heterocycles. The van der Waals surface area contributed by atoms with E-state index in [2.05, 4.69) is 20.7 Å². The second kappa shape index (κ2) is 12.0. The monoisotopic (exact) mass is 497 g/mol. The average Bonchev–Trinajstić information content (AvgIpc) is 3.32. The van der Waals surface area contributed by atoms with Crippen LogP contribution in [-0.4, -0.2) is 39.7 Å². The Balaban J connectivity index is 1.48. The van der Waals surface area contributed by atoms with Gasteiger partial charge < -0.3 is 4.74 Å². The Kier molecular flexibility index (Phi) is 8.31. The minimum atomic E-state index is -0.232. The molecule has 0 aliphatic heterocycles. The lowest BCUT2D eigenvalue weighted by atomic mass is 10.1. The van der Waals surface area contributed by atoms with Gasteiger partial charge in [0.1, 0.15) is 5.75 Å². The van der Waals surface area contributed by atoms with Crippen LogP contribution < -0.4 is 10.2 Å². The van der Waals surface area contributed by atoms with Gasteiger partial charge >= 0.3 is 0 Å². The topological polar surface area (TPSA) is 81.4 Å². The first kappa shape index (κ1) is 24.9. The van der Waals surface area contributed by atoms with Crippen LogP contribution in [-0.2, 0) is 4.79 Å². The largest absolute Gasteiger partial charge is 0.497 e. The zero-order valence-electron chi connectivity index (χ0n) is 20.4. The molecule has 1 aromatic heterocycles. The number of rotatable bonds is 9. The maximum absolute atomic E-state index is 12.5. The Morgan fingerprint density at radius 3 is 2.44 bits per heavy atom. The molecular formula is C28H27N5O2S. The molecule has 0 bridgehead atoms. The summed E-state index contributed by atoms with van der Waals surface area (Å²) in [7, 11) is 1.63. The smallest absolute Gasteiger partial charge is 0.250 e. The molecule has 1 amide bonds. The van der Waals surface area contributed by atoms with E-state index in [9.17, 15) is 4.79 Å². The number of carbonyl (C=O) groups excluding carboxylic acids is 1. The maximum atomic E-state index is 12.5. The highest BCUT2D eigenvalue weighted by atomic mass is 32.2. The van der Waals surface area contributed by atoms with Crippen molar-refractivity contribution in [2.45, 2.75) is 19.0 Å². The second-order valence-corrected chi connectivity index (χ2v) is 9.03. The van der Waals surface area contributed by atoms with Gasteiger partial charge in [-0.2, -0.15) is 5.10 Å². The van der Waals surface area contributed by atoms with E-state index in [1.807, 2.05) is 103 Å². The van der Waals surface area contributed by atoms with E-state index in [0.717, 1.165) is 33.7 Å². The van der Waals surface area contributed by atoms with Gasteiger partial charge in [0.2, 0.25) is 0 Å². The van der Waals surface area contributed by atoms with E-state index in [0.29, 0.717) is 11.0 Å². The van der Waals surface area contributed by atoms with Crippen LogP contribution in [0, 0.1) is 6.92 Å². The molecule has 4 aromatic rings. The van der Waals surface area contributed by atoms with Gasteiger partial charge in [0.05, 0.1) is 19.1 Å².